The van der Waals surface area contributed by atoms with Crippen LogP contribution >= 0.6 is 0 Å². The molecule has 0 saturated heterocycles. The van der Waals surface area contributed by atoms with E-state index in [9.17, 15) is 9.90 Å². The van der Waals surface area contributed by atoms with Gasteiger partial charge in [-0.3, -0.25) is 0 Å². The normalized spacial score (nSPS) is 12.9. The van der Waals surface area contributed by atoms with Crippen molar-refractivity contribution in [3.8, 4) is 0 Å². The summed E-state index contributed by atoms with van der Waals surface area (Å²) in [5.74, 6) is -1.19. The highest BCUT2D eigenvalue weighted by Crippen LogP contribution is 2.20. The summed E-state index contributed by atoms with van der Waals surface area (Å²) in [6, 6.07) is 5.91. The van der Waals surface area contributed by atoms with Crippen molar-refractivity contribution in [1.29, 1.82) is 0 Å². The minimum atomic E-state index is -1.35. The Morgan fingerprint density at radius 1 is 1.50 bits per heavy atom. The molecule has 1 unspecified atom stereocenters. The average Bonchev–Trinajstić information content (AvgIpc) is 2.61. The van der Waals surface area contributed by atoms with E-state index in [-0.39, 0.29) is 6.42 Å². The third kappa shape index (κ3) is 1.92. The van der Waals surface area contributed by atoms with Crippen molar-refractivity contribution in [2.75, 3.05) is 0 Å². The van der Waals surface area contributed by atoms with Crippen LogP contribution in [0.25, 0.3) is 10.9 Å². The fourth-order valence-corrected chi connectivity index (χ4v) is 1.76. The molecule has 2 aromatic rings. The molecule has 0 aliphatic rings. The van der Waals surface area contributed by atoms with E-state index in [1.54, 1.807) is 6.20 Å². The highest BCUT2D eigenvalue weighted by molar-refractivity contribution is 5.84. The Hall–Kier alpha value is -1.81. The zero-order chi connectivity index (χ0) is 11.7. The Bertz CT molecular complexity index is 530. The Morgan fingerprint density at radius 2 is 2.25 bits per heavy atom. The van der Waals surface area contributed by atoms with Crippen LogP contribution in [0.2, 0.25) is 0 Å². The molecule has 16 heavy (non-hydrogen) atoms. The van der Waals surface area contributed by atoms with Crippen LogP contribution in [-0.4, -0.2) is 27.3 Å². The lowest BCUT2D eigenvalue weighted by atomic mass is 10.1. The number of hydrogen-bond donors (Lipinski definition) is 3. The largest absolute Gasteiger partial charge is 0.479 e. The van der Waals surface area contributed by atoms with Gasteiger partial charge < -0.3 is 15.2 Å². The molecule has 2 rings (SSSR count). The van der Waals surface area contributed by atoms with Crippen LogP contribution in [0.1, 0.15) is 11.1 Å². The highest BCUT2D eigenvalue weighted by atomic mass is 16.4. The average molecular weight is 219 g/mol. The molecule has 0 aliphatic carbocycles. The number of H-pyrrole nitrogens is 1. The number of aryl methyl sites for hydroxylation is 1. The Balaban J connectivity index is 2.37. The molecular weight excluding hydrogens is 206 g/mol. The summed E-state index contributed by atoms with van der Waals surface area (Å²) in [5, 5.41) is 18.9. The number of aliphatic carboxylic acids is 1. The molecule has 4 heteroatoms. The van der Waals surface area contributed by atoms with Gasteiger partial charge in [0.25, 0.3) is 0 Å². The molecule has 0 bridgehead atoms. The van der Waals surface area contributed by atoms with Gasteiger partial charge in [-0.1, -0.05) is 11.6 Å². The van der Waals surface area contributed by atoms with E-state index in [1.165, 1.54) is 0 Å². The summed E-state index contributed by atoms with van der Waals surface area (Å²) in [5.41, 5.74) is 2.89. The fraction of sp³-hybridized carbons (Fsp3) is 0.250. The molecule has 1 atom stereocenters. The Labute approximate surface area is 92.5 Å². The maximum atomic E-state index is 10.6. The second-order valence-corrected chi connectivity index (χ2v) is 3.92. The lowest BCUT2D eigenvalue weighted by Crippen LogP contribution is -2.21. The van der Waals surface area contributed by atoms with Gasteiger partial charge in [-0.25, -0.2) is 4.79 Å². The number of carboxylic acids is 1. The van der Waals surface area contributed by atoms with Crippen LogP contribution in [0.5, 0.6) is 0 Å². The molecule has 1 aromatic heterocycles. The number of hydrogen-bond acceptors (Lipinski definition) is 2. The van der Waals surface area contributed by atoms with Gasteiger partial charge in [0, 0.05) is 23.5 Å². The van der Waals surface area contributed by atoms with Crippen molar-refractivity contribution < 1.29 is 15.0 Å². The minimum Gasteiger partial charge on any atom is -0.479 e. The SMILES string of the molecule is Cc1ccc2[nH]cc(CC(O)C(=O)O)c2c1. The summed E-state index contributed by atoms with van der Waals surface area (Å²) < 4.78 is 0. The molecule has 4 nitrogen and oxygen atoms in total. The number of aromatic amines is 1. The topological polar surface area (TPSA) is 73.3 Å². The van der Waals surface area contributed by atoms with Crippen molar-refractivity contribution >= 4 is 16.9 Å². The first-order valence-electron chi connectivity index (χ1n) is 5.05. The third-order valence-corrected chi connectivity index (χ3v) is 2.62. The van der Waals surface area contributed by atoms with Crippen molar-refractivity contribution in [3.63, 3.8) is 0 Å². The third-order valence-electron chi connectivity index (χ3n) is 2.62. The van der Waals surface area contributed by atoms with Gasteiger partial charge in [0.1, 0.15) is 0 Å². The molecule has 0 aliphatic heterocycles. The number of aliphatic hydroxyl groups excluding tert-OH is 1. The molecule has 1 aromatic carbocycles. The van der Waals surface area contributed by atoms with Gasteiger partial charge in [-0.15, -0.1) is 0 Å². The van der Waals surface area contributed by atoms with E-state index in [0.29, 0.717) is 0 Å². The van der Waals surface area contributed by atoms with Gasteiger partial charge >= 0.3 is 5.97 Å². The first-order valence-corrected chi connectivity index (χ1v) is 5.05. The van der Waals surface area contributed by atoms with Crippen LogP contribution in [0.3, 0.4) is 0 Å². The number of rotatable bonds is 3. The highest BCUT2D eigenvalue weighted by Gasteiger charge is 2.15. The number of nitrogens with one attached hydrogen (secondary N) is 1. The summed E-state index contributed by atoms with van der Waals surface area (Å²) in [6.45, 7) is 1.98. The van der Waals surface area contributed by atoms with Crippen molar-refractivity contribution in [2.24, 2.45) is 0 Å². The number of aliphatic hydroxyl groups is 1. The molecular formula is C12H13NO3. The molecule has 84 valence electrons. The molecule has 0 radical (unpaired) electrons. The monoisotopic (exact) mass is 219 g/mol. The molecule has 3 N–H and O–H groups in total. The fourth-order valence-electron chi connectivity index (χ4n) is 1.76. The molecule has 0 saturated carbocycles. The zero-order valence-electron chi connectivity index (χ0n) is 8.90. The van der Waals surface area contributed by atoms with Crippen LogP contribution in [0, 0.1) is 6.92 Å². The summed E-state index contributed by atoms with van der Waals surface area (Å²) in [7, 11) is 0. The zero-order valence-corrected chi connectivity index (χ0v) is 8.90. The van der Waals surface area contributed by atoms with Crippen molar-refractivity contribution in [2.45, 2.75) is 19.4 Å². The standard InChI is InChI=1S/C12H13NO3/c1-7-2-3-10-9(4-7)8(6-13-10)5-11(14)12(15)16/h2-4,6,11,13-14H,5H2,1H3,(H,15,16). The number of aromatic nitrogens is 1. The predicted octanol–water partition coefficient (Wildman–Crippen LogP) is 1.46. The van der Waals surface area contributed by atoms with Crippen molar-refractivity contribution in [1.82, 2.24) is 4.98 Å². The minimum absolute atomic E-state index is 0.124. The number of carbonyl (C=O) groups is 1. The van der Waals surface area contributed by atoms with E-state index >= 15 is 0 Å². The number of benzene rings is 1. The maximum absolute atomic E-state index is 10.6. The summed E-state index contributed by atoms with van der Waals surface area (Å²) >= 11 is 0. The lowest BCUT2D eigenvalue weighted by Gasteiger charge is -2.04. The molecule has 0 fully saturated rings. The second kappa shape index (κ2) is 3.98. The summed E-state index contributed by atoms with van der Waals surface area (Å²) in [4.78, 5) is 13.6. The van der Waals surface area contributed by atoms with Gasteiger partial charge in [0.05, 0.1) is 0 Å². The smallest absolute Gasteiger partial charge is 0.332 e. The van der Waals surface area contributed by atoms with Gasteiger partial charge in [-0.05, 0) is 24.6 Å². The summed E-state index contributed by atoms with van der Waals surface area (Å²) in [6.07, 6.45) is 0.522. The van der Waals surface area contributed by atoms with E-state index in [1.807, 2.05) is 25.1 Å². The molecule has 0 spiro atoms. The van der Waals surface area contributed by atoms with Gasteiger partial charge in [0.15, 0.2) is 6.10 Å². The van der Waals surface area contributed by atoms with Crippen LogP contribution in [0.4, 0.5) is 0 Å². The first kappa shape index (κ1) is 10.7. The number of carboxylic acid groups (broad SMARTS) is 1. The molecule has 1 heterocycles. The lowest BCUT2D eigenvalue weighted by molar-refractivity contribution is -0.146. The van der Waals surface area contributed by atoms with E-state index < -0.39 is 12.1 Å². The Morgan fingerprint density at radius 3 is 2.94 bits per heavy atom. The van der Waals surface area contributed by atoms with Crippen LogP contribution in [0.15, 0.2) is 24.4 Å². The van der Waals surface area contributed by atoms with Crippen LogP contribution < -0.4 is 0 Å². The van der Waals surface area contributed by atoms with E-state index in [0.717, 1.165) is 22.0 Å². The van der Waals surface area contributed by atoms with Gasteiger partial charge in [-0.2, -0.15) is 0 Å². The second-order valence-electron chi connectivity index (χ2n) is 3.92. The maximum Gasteiger partial charge on any atom is 0.332 e. The molecule has 0 amide bonds. The van der Waals surface area contributed by atoms with Crippen LogP contribution in [-0.2, 0) is 11.2 Å². The number of fused-ring (bicyclic) bond motifs is 1. The van der Waals surface area contributed by atoms with E-state index in [2.05, 4.69) is 4.98 Å². The van der Waals surface area contributed by atoms with Gasteiger partial charge in [0.2, 0.25) is 0 Å². The Kier molecular flexibility index (Phi) is 2.66. The van der Waals surface area contributed by atoms with Crippen molar-refractivity contribution in [3.05, 3.63) is 35.5 Å². The van der Waals surface area contributed by atoms with E-state index in [4.69, 9.17) is 5.11 Å². The predicted molar refractivity (Wildman–Crippen MR) is 60.4 cm³/mol. The quantitative estimate of drug-likeness (QED) is 0.731. The first-order chi connectivity index (χ1) is 7.58.